The second-order valence-electron chi connectivity index (χ2n) is 6.75. The molecule has 0 saturated heterocycles. The summed E-state index contributed by atoms with van der Waals surface area (Å²) in [6, 6.07) is 12.5. The Morgan fingerprint density at radius 3 is 2.44 bits per heavy atom. The number of furan rings is 1. The molecule has 0 spiro atoms. The van der Waals surface area contributed by atoms with Gasteiger partial charge in [0.25, 0.3) is 15.9 Å². The van der Waals surface area contributed by atoms with Gasteiger partial charge in [0, 0.05) is 16.3 Å². The Labute approximate surface area is 195 Å². The molecule has 1 aromatic heterocycles. The number of carbonyl (C=O) groups is 2. The third-order valence-electron chi connectivity index (χ3n) is 4.34. The van der Waals surface area contributed by atoms with Gasteiger partial charge < -0.3 is 15.1 Å². The minimum absolute atomic E-state index is 0.0252. The predicted octanol–water partition coefficient (Wildman–Crippen LogP) is 3.82. The SMILES string of the molecule is CC(NC(=O)c1ccc(NS(=O)(=O)c2cc(Cl)ccc2Cl)cc1)C(=O)NCc1ccco1. The third kappa shape index (κ3) is 6.03. The van der Waals surface area contributed by atoms with Crippen molar-refractivity contribution in [1.82, 2.24) is 10.6 Å². The average Bonchev–Trinajstić information content (AvgIpc) is 3.27. The Balaban J connectivity index is 1.60. The van der Waals surface area contributed by atoms with Crippen LogP contribution in [-0.2, 0) is 21.4 Å². The number of sulfonamides is 1. The normalized spacial score (nSPS) is 12.1. The quantitative estimate of drug-likeness (QED) is 0.438. The molecule has 0 aliphatic rings. The van der Waals surface area contributed by atoms with Crippen LogP contribution < -0.4 is 15.4 Å². The summed E-state index contributed by atoms with van der Waals surface area (Å²) in [5.74, 6) is -0.274. The van der Waals surface area contributed by atoms with Gasteiger partial charge in [0.2, 0.25) is 5.91 Å². The number of hydrogen-bond acceptors (Lipinski definition) is 5. The van der Waals surface area contributed by atoms with Crippen molar-refractivity contribution >= 4 is 50.7 Å². The summed E-state index contributed by atoms with van der Waals surface area (Å²) in [5, 5.41) is 5.49. The molecule has 0 aliphatic heterocycles. The summed E-state index contributed by atoms with van der Waals surface area (Å²) < 4.78 is 32.7. The molecule has 8 nitrogen and oxygen atoms in total. The average molecular weight is 496 g/mol. The molecule has 0 aliphatic carbocycles. The van der Waals surface area contributed by atoms with E-state index >= 15 is 0 Å². The van der Waals surface area contributed by atoms with E-state index in [1.807, 2.05) is 0 Å². The van der Waals surface area contributed by atoms with E-state index in [-0.39, 0.29) is 38.6 Å². The molecule has 0 bridgehead atoms. The van der Waals surface area contributed by atoms with E-state index in [9.17, 15) is 18.0 Å². The lowest BCUT2D eigenvalue weighted by Crippen LogP contribution is -2.44. The van der Waals surface area contributed by atoms with Crippen LogP contribution in [0.1, 0.15) is 23.0 Å². The van der Waals surface area contributed by atoms with Gasteiger partial charge in [-0.1, -0.05) is 23.2 Å². The minimum atomic E-state index is -3.98. The zero-order chi connectivity index (χ0) is 23.3. The Morgan fingerprint density at radius 2 is 1.78 bits per heavy atom. The molecular formula is C21H19Cl2N3O5S. The van der Waals surface area contributed by atoms with Crippen molar-refractivity contribution in [1.29, 1.82) is 0 Å². The largest absolute Gasteiger partial charge is 0.467 e. The molecule has 1 atom stereocenters. The Morgan fingerprint density at radius 1 is 1.06 bits per heavy atom. The molecule has 2 aromatic carbocycles. The molecule has 3 aromatic rings. The number of carbonyl (C=O) groups excluding carboxylic acids is 2. The van der Waals surface area contributed by atoms with Crippen molar-refractivity contribution in [2.24, 2.45) is 0 Å². The zero-order valence-corrected chi connectivity index (χ0v) is 19.1. The molecule has 2 amide bonds. The van der Waals surface area contributed by atoms with Gasteiger partial charge in [-0.05, 0) is 61.5 Å². The zero-order valence-electron chi connectivity index (χ0n) is 16.8. The lowest BCUT2D eigenvalue weighted by atomic mass is 10.2. The minimum Gasteiger partial charge on any atom is -0.467 e. The Kier molecular flexibility index (Phi) is 7.44. The number of amides is 2. The number of hydrogen-bond donors (Lipinski definition) is 3. The molecule has 0 fully saturated rings. The molecular weight excluding hydrogens is 477 g/mol. The van der Waals surface area contributed by atoms with Crippen molar-refractivity contribution in [2.45, 2.75) is 24.4 Å². The van der Waals surface area contributed by atoms with Crippen LogP contribution in [0.2, 0.25) is 10.0 Å². The van der Waals surface area contributed by atoms with Gasteiger partial charge in [-0.15, -0.1) is 0 Å². The van der Waals surface area contributed by atoms with Crippen LogP contribution in [-0.4, -0.2) is 26.3 Å². The molecule has 32 heavy (non-hydrogen) atoms. The molecule has 168 valence electrons. The lowest BCUT2D eigenvalue weighted by Gasteiger charge is -2.14. The molecule has 3 N–H and O–H groups in total. The van der Waals surface area contributed by atoms with Gasteiger partial charge >= 0.3 is 0 Å². The number of anilines is 1. The molecule has 3 rings (SSSR count). The van der Waals surface area contributed by atoms with Crippen molar-refractivity contribution in [2.75, 3.05) is 4.72 Å². The van der Waals surface area contributed by atoms with E-state index in [1.54, 1.807) is 19.1 Å². The van der Waals surface area contributed by atoms with Gasteiger partial charge in [-0.25, -0.2) is 8.42 Å². The topological polar surface area (TPSA) is 118 Å². The maximum atomic E-state index is 12.6. The molecule has 1 heterocycles. The fourth-order valence-electron chi connectivity index (χ4n) is 2.67. The van der Waals surface area contributed by atoms with Crippen LogP contribution >= 0.6 is 23.2 Å². The van der Waals surface area contributed by atoms with E-state index in [0.717, 1.165) is 0 Å². The number of nitrogens with one attached hydrogen (secondary N) is 3. The highest BCUT2D eigenvalue weighted by atomic mass is 35.5. The van der Waals surface area contributed by atoms with E-state index in [2.05, 4.69) is 15.4 Å². The van der Waals surface area contributed by atoms with Crippen LogP contribution in [0.5, 0.6) is 0 Å². The molecule has 0 saturated carbocycles. The summed E-state index contributed by atoms with van der Waals surface area (Å²) in [4.78, 5) is 24.4. The fourth-order valence-corrected chi connectivity index (χ4v) is 4.49. The maximum Gasteiger partial charge on any atom is 0.263 e. The van der Waals surface area contributed by atoms with E-state index < -0.39 is 22.0 Å². The predicted molar refractivity (Wildman–Crippen MR) is 121 cm³/mol. The van der Waals surface area contributed by atoms with Crippen molar-refractivity contribution in [3.63, 3.8) is 0 Å². The number of rotatable bonds is 8. The first kappa shape index (κ1) is 23.6. The van der Waals surface area contributed by atoms with Gasteiger partial charge in [0.05, 0.1) is 17.8 Å². The summed E-state index contributed by atoms with van der Waals surface area (Å²) in [5.41, 5.74) is 0.473. The van der Waals surface area contributed by atoms with Gasteiger partial charge in [0.15, 0.2) is 0 Å². The monoisotopic (exact) mass is 495 g/mol. The summed E-state index contributed by atoms with van der Waals surface area (Å²) >= 11 is 11.8. The molecule has 11 heteroatoms. The standard InChI is InChI=1S/C21H19Cl2N3O5S/c1-13(20(27)24-12-17-3-2-10-31-17)25-21(28)14-4-7-16(8-5-14)26-32(29,30)19-11-15(22)6-9-18(19)23/h2-11,13,26H,12H2,1H3,(H,24,27)(H,25,28). The first-order valence-corrected chi connectivity index (χ1v) is 11.6. The van der Waals surface area contributed by atoms with E-state index in [0.29, 0.717) is 5.76 Å². The van der Waals surface area contributed by atoms with Crippen molar-refractivity contribution < 1.29 is 22.4 Å². The van der Waals surface area contributed by atoms with Crippen LogP contribution in [0.4, 0.5) is 5.69 Å². The highest BCUT2D eigenvalue weighted by molar-refractivity contribution is 7.92. The van der Waals surface area contributed by atoms with Gasteiger partial charge in [-0.3, -0.25) is 14.3 Å². The van der Waals surface area contributed by atoms with E-state index in [4.69, 9.17) is 27.6 Å². The maximum absolute atomic E-state index is 12.6. The Hall–Kier alpha value is -3.01. The van der Waals surface area contributed by atoms with E-state index in [1.165, 1.54) is 48.7 Å². The van der Waals surface area contributed by atoms with Crippen molar-refractivity contribution in [3.05, 3.63) is 82.2 Å². The van der Waals surface area contributed by atoms with Crippen LogP contribution in [0.3, 0.4) is 0 Å². The van der Waals surface area contributed by atoms with Gasteiger partial charge in [-0.2, -0.15) is 0 Å². The fraction of sp³-hybridized carbons (Fsp3) is 0.143. The van der Waals surface area contributed by atoms with Crippen molar-refractivity contribution in [3.8, 4) is 0 Å². The number of benzene rings is 2. The molecule has 1 unspecified atom stereocenters. The first-order valence-electron chi connectivity index (χ1n) is 9.34. The third-order valence-corrected chi connectivity index (χ3v) is 6.44. The van der Waals surface area contributed by atoms with Crippen LogP contribution in [0, 0.1) is 0 Å². The molecule has 0 radical (unpaired) electrons. The second-order valence-corrected chi connectivity index (χ2v) is 9.24. The number of halogens is 2. The summed E-state index contributed by atoms with van der Waals surface area (Å²) in [6.45, 7) is 1.75. The lowest BCUT2D eigenvalue weighted by molar-refractivity contribution is -0.122. The Bertz CT molecular complexity index is 1210. The highest BCUT2D eigenvalue weighted by Crippen LogP contribution is 2.27. The highest BCUT2D eigenvalue weighted by Gasteiger charge is 2.20. The smallest absolute Gasteiger partial charge is 0.263 e. The second kappa shape index (κ2) is 10.1. The first-order chi connectivity index (χ1) is 15.2. The van der Waals surface area contributed by atoms with Crippen LogP contribution in [0.25, 0.3) is 0 Å². The summed E-state index contributed by atoms with van der Waals surface area (Å²) in [6.07, 6.45) is 1.50. The van der Waals surface area contributed by atoms with Gasteiger partial charge in [0.1, 0.15) is 16.7 Å². The van der Waals surface area contributed by atoms with Crippen LogP contribution in [0.15, 0.2) is 70.2 Å². The summed E-state index contributed by atoms with van der Waals surface area (Å²) in [7, 11) is -3.98.